The Hall–Kier alpha value is -0.620. The van der Waals surface area contributed by atoms with E-state index >= 15 is 0 Å². The lowest BCUT2D eigenvalue weighted by Crippen LogP contribution is -2.35. The molecule has 0 spiro atoms. The van der Waals surface area contributed by atoms with Crippen molar-refractivity contribution < 1.29 is 18.3 Å². The van der Waals surface area contributed by atoms with Gasteiger partial charge in [0, 0.05) is 31.7 Å². The molecule has 1 saturated heterocycles. The van der Waals surface area contributed by atoms with E-state index in [0.29, 0.717) is 6.54 Å². The van der Waals surface area contributed by atoms with Crippen LogP contribution in [0.5, 0.6) is 0 Å². The van der Waals surface area contributed by atoms with Crippen molar-refractivity contribution in [3.8, 4) is 0 Å². The highest BCUT2D eigenvalue weighted by Crippen LogP contribution is 2.27. The Balaban J connectivity index is 2.52. The van der Waals surface area contributed by atoms with Gasteiger partial charge >= 0.3 is 0 Å². The lowest BCUT2D eigenvalue weighted by Gasteiger charge is -2.20. The fourth-order valence-corrected chi connectivity index (χ4v) is 2.30. The van der Waals surface area contributed by atoms with E-state index < -0.39 is 15.4 Å². The molecule has 1 heterocycles. The number of rotatable bonds is 3. The number of aliphatic hydroxyl groups is 1. The van der Waals surface area contributed by atoms with Crippen LogP contribution in [0.4, 0.5) is 0 Å². The number of carbonyl (C=O) groups excluding carboxylic acids is 1. The van der Waals surface area contributed by atoms with Crippen molar-refractivity contribution >= 4 is 15.7 Å². The van der Waals surface area contributed by atoms with Gasteiger partial charge in [0.15, 0.2) is 0 Å². The van der Waals surface area contributed by atoms with Crippen LogP contribution in [0.3, 0.4) is 0 Å². The van der Waals surface area contributed by atoms with Crippen LogP contribution in [0.1, 0.15) is 20.3 Å². The van der Waals surface area contributed by atoms with Crippen LogP contribution >= 0.6 is 0 Å². The van der Waals surface area contributed by atoms with Crippen molar-refractivity contribution in [2.45, 2.75) is 25.9 Å². The van der Waals surface area contributed by atoms with Gasteiger partial charge in [-0.15, -0.1) is 0 Å². The van der Waals surface area contributed by atoms with Gasteiger partial charge in [-0.2, -0.15) is 0 Å². The molecule has 1 rings (SSSR count). The van der Waals surface area contributed by atoms with Crippen LogP contribution < -0.4 is 0 Å². The van der Waals surface area contributed by atoms with E-state index in [0.717, 1.165) is 6.26 Å². The normalized spacial score (nSPS) is 30.8. The summed E-state index contributed by atoms with van der Waals surface area (Å²) in [5.74, 6) is -0.302. The smallest absolute Gasteiger partial charge is 0.223 e. The molecule has 1 N–H and O–H groups in total. The molecule has 0 saturated carbocycles. The maximum Gasteiger partial charge on any atom is 0.223 e. The monoisotopic (exact) mass is 249 g/mol. The number of β-amino-alcohol motifs (C(OH)–C–C–N with tert-alkyl or cyclic N) is 1. The van der Waals surface area contributed by atoms with Gasteiger partial charge in [0.25, 0.3) is 0 Å². The minimum Gasteiger partial charge on any atom is -0.388 e. The first-order chi connectivity index (χ1) is 7.12. The topological polar surface area (TPSA) is 74.7 Å². The molecule has 2 atom stereocenters. The molecule has 0 bridgehead atoms. The van der Waals surface area contributed by atoms with Gasteiger partial charge in [0.1, 0.15) is 9.84 Å². The Kier molecular flexibility index (Phi) is 3.64. The van der Waals surface area contributed by atoms with E-state index in [-0.39, 0.29) is 30.5 Å². The summed E-state index contributed by atoms with van der Waals surface area (Å²) in [6.45, 7) is 4.36. The van der Waals surface area contributed by atoms with Crippen molar-refractivity contribution in [3.63, 3.8) is 0 Å². The summed E-state index contributed by atoms with van der Waals surface area (Å²) in [6, 6.07) is 0. The summed E-state index contributed by atoms with van der Waals surface area (Å²) in [5.41, 5.74) is -0.860. The third-order valence-corrected chi connectivity index (χ3v) is 4.05. The number of amides is 1. The number of nitrogens with zero attached hydrogens (tertiary/aromatic N) is 1. The maximum atomic E-state index is 11.7. The minimum absolute atomic E-state index is 0.00162. The summed E-state index contributed by atoms with van der Waals surface area (Å²) in [7, 11) is -3.10. The number of hydrogen-bond donors (Lipinski definition) is 1. The fourth-order valence-electron chi connectivity index (χ4n) is 1.75. The largest absolute Gasteiger partial charge is 0.388 e. The molecule has 1 amide bonds. The average Bonchev–Trinajstić information content (AvgIpc) is 2.36. The predicted octanol–water partition coefficient (Wildman–Crippen LogP) is -0.350. The number of likely N-dealkylation sites (tertiary alicyclic amines) is 1. The van der Waals surface area contributed by atoms with E-state index in [1.807, 2.05) is 6.92 Å². The van der Waals surface area contributed by atoms with Gasteiger partial charge in [-0.1, -0.05) is 6.92 Å². The first-order valence-electron chi connectivity index (χ1n) is 5.30. The highest BCUT2D eigenvalue weighted by Gasteiger charge is 2.40. The van der Waals surface area contributed by atoms with Gasteiger partial charge in [0.2, 0.25) is 5.91 Å². The quantitative estimate of drug-likeness (QED) is 0.742. The van der Waals surface area contributed by atoms with Gasteiger partial charge in [-0.3, -0.25) is 4.79 Å². The van der Waals surface area contributed by atoms with Crippen molar-refractivity contribution in [2.24, 2.45) is 5.92 Å². The zero-order valence-corrected chi connectivity index (χ0v) is 10.7. The maximum absolute atomic E-state index is 11.7. The average molecular weight is 249 g/mol. The van der Waals surface area contributed by atoms with Gasteiger partial charge in [-0.25, -0.2) is 8.42 Å². The Morgan fingerprint density at radius 1 is 1.56 bits per heavy atom. The van der Waals surface area contributed by atoms with Gasteiger partial charge in [-0.05, 0) is 6.92 Å². The van der Waals surface area contributed by atoms with Crippen molar-refractivity contribution in [3.05, 3.63) is 0 Å². The Morgan fingerprint density at radius 2 is 2.12 bits per heavy atom. The van der Waals surface area contributed by atoms with Crippen LogP contribution in [0.15, 0.2) is 0 Å². The molecule has 0 aliphatic carbocycles. The molecule has 1 fully saturated rings. The molecule has 16 heavy (non-hydrogen) atoms. The van der Waals surface area contributed by atoms with E-state index in [1.54, 1.807) is 6.92 Å². The summed E-state index contributed by atoms with van der Waals surface area (Å²) >= 11 is 0. The van der Waals surface area contributed by atoms with Gasteiger partial charge < -0.3 is 10.0 Å². The molecule has 94 valence electrons. The van der Waals surface area contributed by atoms with Crippen LogP contribution in [-0.2, 0) is 14.6 Å². The molecule has 1 aliphatic rings. The summed E-state index contributed by atoms with van der Waals surface area (Å²) in [4.78, 5) is 13.2. The molecule has 1 aliphatic heterocycles. The lowest BCUT2D eigenvalue weighted by molar-refractivity contribution is -0.130. The third kappa shape index (κ3) is 3.45. The Morgan fingerprint density at radius 3 is 2.50 bits per heavy atom. The van der Waals surface area contributed by atoms with E-state index in [4.69, 9.17) is 0 Å². The third-order valence-electron chi connectivity index (χ3n) is 3.11. The van der Waals surface area contributed by atoms with E-state index in [9.17, 15) is 18.3 Å². The predicted molar refractivity (Wildman–Crippen MR) is 60.7 cm³/mol. The standard InChI is InChI=1S/C10H19NO4S/c1-8-6-11(7-10(8,2)13)9(12)4-5-16(3,14)15/h8,13H,4-7H2,1-3H3/t8-,10+/m1/s1. The fraction of sp³-hybridized carbons (Fsp3) is 0.900. The van der Waals surface area contributed by atoms with Crippen molar-refractivity contribution in [2.75, 3.05) is 25.1 Å². The molecule has 5 nitrogen and oxygen atoms in total. The number of hydrogen-bond acceptors (Lipinski definition) is 4. The molecular formula is C10H19NO4S. The van der Waals surface area contributed by atoms with Gasteiger partial charge in [0.05, 0.1) is 11.4 Å². The molecule has 6 heteroatoms. The second kappa shape index (κ2) is 4.33. The zero-order chi connectivity index (χ0) is 12.6. The van der Waals surface area contributed by atoms with Crippen LogP contribution in [-0.4, -0.2) is 55.0 Å². The molecular weight excluding hydrogens is 230 g/mol. The highest BCUT2D eigenvalue weighted by molar-refractivity contribution is 7.90. The summed E-state index contributed by atoms with van der Waals surface area (Å²) in [5, 5.41) is 9.90. The molecule has 0 aromatic heterocycles. The van der Waals surface area contributed by atoms with E-state index in [1.165, 1.54) is 4.90 Å². The summed E-state index contributed by atoms with van der Waals surface area (Å²) in [6.07, 6.45) is 1.12. The first kappa shape index (κ1) is 13.4. The van der Waals surface area contributed by atoms with Crippen LogP contribution in [0, 0.1) is 5.92 Å². The second-order valence-electron chi connectivity index (χ2n) is 4.91. The number of carbonyl (C=O) groups is 1. The molecule has 0 radical (unpaired) electrons. The highest BCUT2D eigenvalue weighted by atomic mass is 32.2. The molecule has 0 aromatic carbocycles. The van der Waals surface area contributed by atoms with Crippen LogP contribution in [0.2, 0.25) is 0 Å². The van der Waals surface area contributed by atoms with E-state index in [2.05, 4.69) is 0 Å². The van der Waals surface area contributed by atoms with Crippen molar-refractivity contribution in [1.29, 1.82) is 0 Å². The summed E-state index contributed by atoms with van der Waals surface area (Å²) < 4.78 is 21.8. The first-order valence-corrected chi connectivity index (χ1v) is 7.36. The molecule has 0 aromatic rings. The Labute approximate surface area is 96.4 Å². The minimum atomic E-state index is -3.10. The number of sulfone groups is 1. The SMILES string of the molecule is C[C@@H]1CN(C(=O)CCS(C)(=O)=O)C[C@]1(C)O. The van der Waals surface area contributed by atoms with Crippen LogP contribution in [0.25, 0.3) is 0 Å². The van der Waals surface area contributed by atoms with Crippen molar-refractivity contribution in [1.82, 2.24) is 4.90 Å². The second-order valence-corrected chi connectivity index (χ2v) is 7.17. The zero-order valence-electron chi connectivity index (χ0n) is 9.93. The Bertz CT molecular complexity index is 374. The molecule has 0 unspecified atom stereocenters. The lowest BCUT2D eigenvalue weighted by atomic mass is 9.95.